The molecule has 0 bridgehead atoms. The van der Waals surface area contributed by atoms with Crippen LogP contribution in [0.5, 0.6) is 0 Å². The second kappa shape index (κ2) is 5.05. The third-order valence-corrected chi connectivity index (χ3v) is 3.59. The van der Waals surface area contributed by atoms with Crippen molar-refractivity contribution in [1.82, 2.24) is 14.5 Å². The summed E-state index contributed by atoms with van der Waals surface area (Å²) in [4.78, 5) is 18.8. The fourth-order valence-electron chi connectivity index (χ4n) is 2.31. The number of nitrogens with one attached hydrogen (secondary N) is 1. The van der Waals surface area contributed by atoms with Gasteiger partial charge in [0.05, 0.1) is 36.3 Å². The van der Waals surface area contributed by atoms with Crippen LogP contribution in [-0.4, -0.2) is 27.6 Å². The molecular weight excluding hydrogens is 274 g/mol. The Kier molecular flexibility index (Phi) is 3.23. The van der Waals surface area contributed by atoms with Crippen LogP contribution >= 0.6 is 12.2 Å². The molecule has 0 fully saturated rings. The highest BCUT2D eigenvalue weighted by molar-refractivity contribution is 7.71. The van der Waals surface area contributed by atoms with E-state index in [9.17, 15) is 4.79 Å². The first kappa shape index (κ1) is 12.8. The number of fused-ring (bicyclic) bond motifs is 3. The van der Waals surface area contributed by atoms with Crippen LogP contribution in [-0.2, 0) is 16.1 Å². The number of hydrogen-bond acceptors (Lipinski definition) is 4. The van der Waals surface area contributed by atoms with Gasteiger partial charge in [0.1, 0.15) is 0 Å². The van der Waals surface area contributed by atoms with Gasteiger partial charge in [-0.2, -0.15) is 0 Å². The third kappa shape index (κ3) is 2.08. The van der Waals surface area contributed by atoms with Gasteiger partial charge in [0.2, 0.25) is 0 Å². The molecule has 3 aromatic rings. The lowest BCUT2D eigenvalue weighted by atomic mass is 10.2. The summed E-state index contributed by atoms with van der Waals surface area (Å²) in [6, 6.07) is 7.86. The maximum atomic E-state index is 11.3. The molecule has 0 unspecified atom stereocenters. The first-order valence-corrected chi connectivity index (χ1v) is 6.64. The van der Waals surface area contributed by atoms with Crippen LogP contribution in [0.3, 0.4) is 0 Å². The largest absolute Gasteiger partial charge is 0.469 e. The highest BCUT2D eigenvalue weighted by atomic mass is 32.1. The van der Waals surface area contributed by atoms with Crippen molar-refractivity contribution in [2.75, 3.05) is 7.11 Å². The van der Waals surface area contributed by atoms with Crippen molar-refractivity contribution < 1.29 is 9.53 Å². The van der Waals surface area contributed by atoms with Crippen molar-refractivity contribution in [1.29, 1.82) is 0 Å². The van der Waals surface area contributed by atoms with Crippen molar-refractivity contribution >= 4 is 40.1 Å². The van der Waals surface area contributed by atoms with Gasteiger partial charge in [-0.1, -0.05) is 18.2 Å². The zero-order valence-electron chi connectivity index (χ0n) is 10.9. The standard InChI is InChI=1S/C14H13N3O2S/c1-19-12(18)6-7-17-13-9-4-2-3-5-10(9)15-8-11(13)16-14(17)20/h2-5,8H,6-7H2,1H3,(H,16,20). The number of pyridine rings is 1. The van der Waals surface area contributed by atoms with Gasteiger partial charge in [0.15, 0.2) is 4.77 Å². The van der Waals surface area contributed by atoms with Gasteiger partial charge in [-0.05, 0) is 18.3 Å². The summed E-state index contributed by atoms with van der Waals surface area (Å²) in [6.45, 7) is 0.486. The van der Waals surface area contributed by atoms with Crippen LogP contribution in [0.15, 0.2) is 30.5 Å². The zero-order chi connectivity index (χ0) is 14.1. The summed E-state index contributed by atoms with van der Waals surface area (Å²) in [6.07, 6.45) is 2.05. The highest BCUT2D eigenvalue weighted by Gasteiger charge is 2.10. The molecule has 0 aliphatic rings. The Morgan fingerprint density at radius 2 is 2.25 bits per heavy atom. The van der Waals surface area contributed by atoms with Crippen LogP contribution in [0.4, 0.5) is 0 Å². The van der Waals surface area contributed by atoms with E-state index in [0.29, 0.717) is 11.3 Å². The first-order chi connectivity index (χ1) is 9.70. The Bertz CT molecular complexity index is 850. The van der Waals surface area contributed by atoms with Crippen molar-refractivity contribution in [2.24, 2.45) is 0 Å². The van der Waals surface area contributed by atoms with E-state index in [0.717, 1.165) is 21.9 Å². The van der Waals surface area contributed by atoms with E-state index in [4.69, 9.17) is 12.2 Å². The summed E-state index contributed by atoms with van der Waals surface area (Å²) >= 11 is 5.33. The lowest BCUT2D eigenvalue weighted by Gasteiger charge is -2.05. The van der Waals surface area contributed by atoms with Crippen molar-refractivity contribution in [3.8, 4) is 0 Å². The monoisotopic (exact) mass is 287 g/mol. The maximum Gasteiger partial charge on any atom is 0.307 e. The molecule has 1 N–H and O–H groups in total. The number of imidazole rings is 1. The van der Waals surface area contributed by atoms with Gasteiger partial charge in [0, 0.05) is 11.9 Å². The van der Waals surface area contributed by atoms with Gasteiger partial charge < -0.3 is 14.3 Å². The average Bonchev–Trinajstić information content (AvgIpc) is 2.80. The van der Waals surface area contributed by atoms with Crippen molar-refractivity contribution in [2.45, 2.75) is 13.0 Å². The molecule has 2 aromatic heterocycles. The van der Waals surface area contributed by atoms with Gasteiger partial charge in [0.25, 0.3) is 0 Å². The van der Waals surface area contributed by atoms with Gasteiger partial charge in [-0.15, -0.1) is 0 Å². The van der Waals surface area contributed by atoms with Crippen molar-refractivity contribution in [3.05, 3.63) is 35.2 Å². The van der Waals surface area contributed by atoms with Crippen LogP contribution in [0.25, 0.3) is 21.9 Å². The Morgan fingerprint density at radius 3 is 3.05 bits per heavy atom. The van der Waals surface area contributed by atoms with Crippen LogP contribution < -0.4 is 0 Å². The Labute approximate surface area is 120 Å². The van der Waals surface area contributed by atoms with Crippen LogP contribution in [0, 0.1) is 4.77 Å². The van der Waals surface area contributed by atoms with E-state index >= 15 is 0 Å². The molecule has 0 radical (unpaired) electrons. The number of carbonyl (C=O) groups is 1. The normalized spacial score (nSPS) is 11.1. The van der Waals surface area contributed by atoms with E-state index in [1.165, 1.54) is 7.11 Å². The topological polar surface area (TPSA) is 59.9 Å². The number of esters is 1. The maximum absolute atomic E-state index is 11.3. The number of aromatic amines is 1. The lowest BCUT2D eigenvalue weighted by Crippen LogP contribution is -2.07. The SMILES string of the molecule is COC(=O)CCn1c(=S)[nH]c2cnc3ccccc3c21. The third-order valence-electron chi connectivity index (χ3n) is 3.27. The molecule has 0 saturated heterocycles. The molecule has 102 valence electrons. The average molecular weight is 287 g/mol. The molecule has 3 rings (SSSR count). The first-order valence-electron chi connectivity index (χ1n) is 6.24. The number of aromatic nitrogens is 3. The van der Waals surface area contributed by atoms with Gasteiger partial charge in [-0.3, -0.25) is 9.78 Å². The minimum atomic E-state index is -0.250. The number of rotatable bonds is 3. The predicted octanol–water partition coefficient (Wildman–Crippen LogP) is 2.81. The second-order valence-corrected chi connectivity index (χ2v) is 4.83. The molecule has 1 aromatic carbocycles. The Balaban J connectivity index is 2.20. The zero-order valence-corrected chi connectivity index (χ0v) is 11.7. The number of H-pyrrole nitrogens is 1. The summed E-state index contributed by atoms with van der Waals surface area (Å²) in [5.74, 6) is -0.250. The lowest BCUT2D eigenvalue weighted by molar-refractivity contribution is -0.140. The molecule has 2 heterocycles. The summed E-state index contributed by atoms with van der Waals surface area (Å²) in [7, 11) is 1.39. The summed E-state index contributed by atoms with van der Waals surface area (Å²) in [5.41, 5.74) is 2.75. The quantitative estimate of drug-likeness (QED) is 0.594. The molecule has 0 aliphatic heterocycles. The molecular formula is C14H13N3O2S. The number of benzene rings is 1. The molecule has 6 heteroatoms. The number of methoxy groups -OCH3 is 1. The number of nitrogens with zero attached hydrogens (tertiary/aromatic N) is 2. The number of hydrogen-bond donors (Lipinski definition) is 1. The van der Waals surface area contributed by atoms with E-state index in [-0.39, 0.29) is 12.4 Å². The summed E-state index contributed by atoms with van der Waals surface area (Å²) < 4.78 is 7.19. The van der Waals surface area contributed by atoms with Crippen LogP contribution in [0.1, 0.15) is 6.42 Å². The minimum Gasteiger partial charge on any atom is -0.469 e. The molecule has 20 heavy (non-hydrogen) atoms. The molecule has 0 amide bonds. The fraction of sp³-hybridized carbons (Fsp3) is 0.214. The second-order valence-electron chi connectivity index (χ2n) is 4.45. The number of aryl methyl sites for hydroxylation is 1. The van der Waals surface area contributed by atoms with Gasteiger partial charge in [-0.25, -0.2) is 0 Å². The van der Waals surface area contributed by atoms with E-state index in [1.807, 2.05) is 28.8 Å². The summed E-state index contributed by atoms with van der Waals surface area (Å²) in [5, 5.41) is 1.02. The smallest absolute Gasteiger partial charge is 0.307 e. The number of ether oxygens (including phenoxy) is 1. The Morgan fingerprint density at radius 1 is 1.45 bits per heavy atom. The predicted molar refractivity (Wildman–Crippen MR) is 79.1 cm³/mol. The van der Waals surface area contributed by atoms with Crippen LogP contribution in [0.2, 0.25) is 0 Å². The molecule has 5 nitrogen and oxygen atoms in total. The van der Waals surface area contributed by atoms with Crippen molar-refractivity contribution in [3.63, 3.8) is 0 Å². The van der Waals surface area contributed by atoms with E-state index < -0.39 is 0 Å². The minimum absolute atomic E-state index is 0.250. The molecule has 0 aliphatic carbocycles. The molecule has 0 saturated carbocycles. The number of carbonyl (C=O) groups excluding carboxylic acids is 1. The van der Waals surface area contributed by atoms with E-state index in [2.05, 4.69) is 14.7 Å². The molecule has 0 atom stereocenters. The fourth-order valence-corrected chi connectivity index (χ4v) is 2.60. The number of para-hydroxylation sites is 1. The van der Waals surface area contributed by atoms with Gasteiger partial charge >= 0.3 is 5.97 Å². The Hall–Kier alpha value is -2.21. The van der Waals surface area contributed by atoms with E-state index in [1.54, 1.807) is 6.20 Å². The molecule has 0 spiro atoms. The highest BCUT2D eigenvalue weighted by Crippen LogP contribution is 2.23.